The number of aromatic nitrogens is 1. The van der Waals surface area contributed by atoms with Crippen LogP contribution in [0.5, 0.6) is 0 Å². The smallest absolute Gasteiger partial charge is 0.317 e. The summed E-state index contributed by atoms with van der Waals surface area (Å²) in [5.74, 6) is -1.29. The molecule has 0 aromatic carbocycles. The molecule has 1 aromatic rings. The average Bonchev–Trinajstić information content (AvgIpc) is 2.99. The second kappa shape index (κ2) is 6.21. The number of hydrogen-bond acceptors (Lipinski definition) is 4. The number of hydrogen-bond donors (Lipinski definition) is 2. The monoisotopic (exact) mass is 297 g/mol. The van der Waals surface area contributed by atoms with E-state index in [2.05, 4.69) is 10.3 Å². The number of aliphatic carboxylic acids is 1. The van der Waals surface area contributed by atoms with Gasteiger partial charge in [-0.3, -0.25) is 4.79 Å². The lowest BCUT2D eigenvalue weighted by atomic mass is 10.0. The summed E-state index contributed by atoms with van der Waals surface area (Å²) in [7, 11) is 1.71. The maximum absolute atomic E-state index is 12.1. The van der Waals surface area contributed by atoms with E-state index < -0.39 is 11.9 Å². The van der Waals surface area contributed by atoms with Crippen molar-refractivity contribution < 1.29 is 14.7 Å². The number of nitrogens with one attached hydrogen (secondary N) is 1. The summed E-state index contributed by atoms with van der Waals surface area (Å²) in [4.78, 5) is 30.0. The number of aryl methyl sites for hydroxylation is 1. The van der Waals surface area contributed by atoms with Gasteiger partial charge < -0.3 is 15.3 Å². The van der Waals surface area contributed by atoms with E-state index in [1.807, 2.05) is 6.92 Å². The van der Waals surface area contributed by atoms with E-state index in [4.69, 9.17) is 5.11 Å². The first kappa shape index (κ1) is 14.8. The molecule has 2 N–H and O–H groups in total. The average molecular weight is 297 g/mol. The number of carbonyl (C=O) groups excluding carboxylic acids is 1. The SMILES string of the molecule is Cc1ncsc1CN(C)C(=O)NC1CCCC1C(=O)O. The second-order valence-electron chi connectivity index (χ2n) is 5.15. The molecule has 110 valence electrons. The van der Waals surface area contributed by atoms with Gasteiger partial charge in [-0.15, -0.1) is 11.3 Å². The number of carboxylic acids is 1. The third-order valence-electron chi connectivity index (χ3n) is 3.71. The molecule has 1 heterocycles. The number of thiazole rings is 1. The predicted molar refractivity (Wildman–Crippen MR) is 75.6 cm³/mol. The largest absolute Gasteiger partial charge is 0.481 e. The maximum atomic E-state index is 12.1. The molecule has 7 heteroatoms. The fraction of sp³-hybridized carbons (Fsp3) is 0.615. The van der Waals surface area contributed by atoms with Gasteiger partial charge in [0, 0.05) is 18.0 Å². The first-order chi connectivity index (χ1) is 9.49. The van der Waals surface area contributed by atoms with Crippen molar-refractivity contribution in [1.29, 1.82) is 0 Å². The summed E-state index contributed by atoms with van der Waals surface area (Å²) in [6.45, 7) is 2.40. The first-order valence-electron chi connectivity index (χ1n) is 6.62. The molecule has 1 fully saturated rings. The quantitative estimate of drug-likeness (QED) is 0.888. The zero-order valence-corrected chi connectivity index (χ0v) is 12.4. The fourth-order valence-electron chi connectivity index (χ4n) is 2.46. The number of urea groups is 1. The van der Waals surface area contributed by atoms with Crippen molar-refractivity contribution in [2.45, 2.75) is 38.8 Å². The topological polar surface area (TPSA) is 82.5 Å². The summed E-state index contributed by atoms with van der Waals surface area (Å²) >= 11 is 1.52. The van der Waals surface area contributed by atoms with Gasteiger partial charge in [0.25, 0.3) is 0 Å². The van der Waals surface area contributed by atoms with Crippen molar-refractivity contribution in [3.8, 4) is 0 Å². The Labute approximate surface area is 121 Å². The maximum Gasteiger partial charge on any atom is 0.317 e. The highest BCUT2D eigenvalue weighted by atomic mass is 32.1. The third-order valence-corrected chi connectivity index (χ3v) is 4.63. The number of rotatable bonds is 4. The molecule has 20 heavy (non-hydrogen) atoms. The zero-order chi connectivity index (χ0) is 14.7. The second-order valence-corrected chi connectivity index (χ2v) is 6.09. The van der Waals surface area contributed by atoms with Crippen LogP contribution in [0.25, 0.3) is 0 Å². The van der Waals surface area contributed by atoms with Gasteiger partial charge in [0.05, 0.1) is 23.7 Å². The standard InChI is InChI=1S/C13H19N3O3S/c1-8-11(20-7-14-8)6-16(2)13(19)15-10-5-3-4-9(10)12(17)18/h7,9-10H,3-6H2,1-2H3,(H,15,19)(H,17,18). The fourth-order valence-corrected chi connectivity index (χ4v) is 3.29. The molecule has 0 aliphatic heterocycles. The molecule has 0 saturated heterocycles. The molecular weight excluding hydrogens is 278 g/mol. The van der Waals surface area contributed by atoms with Gasteiger partial charge in [-0.2, -0.15) is 0 Å². The van der Waals surface area contributed by atoms with E-state index in [0.29, 0.717) is 13.0 Å². The highest BCUT2D eigenvalue weighted by molar-refractivity contribution is 7.09. The highest BCUT2D eigenvalue weighted by Crippen LogP contribution is 2.26. The summed E-state index contributed by atoms with van der Waals surface area (Å²) < 4.78 is 0. The Kier molecular flexibility index (Phi) is 4.59. The van der Waals surface area contributed by atoms with Crippen LogP contribution in [0.2, 0.25) is 0 Å². The van der Waals surface area contributed by atoms with Gasteiger partial charge in [0.15, 0.2) is 0 Å². The summed E-state index contributed by atoms with van der Waals surface area (Å²) in [5.41, 5.74) is 2.69. The van der Waals surface area contributed by atoms with Crippen LogP contribution in [0.3, 0.4) is 0 Å². The molecule has 2 amide bonds. The van der Waals surface area contributed by atoms with Crippen LogP contribution in [0.1, 0.15) is 29.8 Å². The Morgan fingerprint density at radius 1 is 1.55 bits per heavy atom. The summed E-state index contributed by atoms with van der Waals surface area (Å²) in [5, 5.41) is 11.9. The molecule has 1 aromatic heterocycles. The molecule has 0 spiro atoms. The van der Waals surface area contributed by atoms with E-state index >= 15 is 0 Å². The van der Waals surface area contributed by atoms with E-state index in [1.54, 1.807) is 17.5 Å². The van der Waals surface area contributed by atoms with Crippen molar-refractivity contribution in [2.75, 3.05) is 7.05 Å². The summed E-state index contributed by atoms with van der Waals surface area (Å²) in [6.07, 6.45) is 2.22. The van der Waals surface area contributed by atoms with Gasteiger partial charge in [-0.05, 0) is 19.8 Å². The zero-order valence-electron chi connectivity index (χ0n) is 11.6. The van der Waals surface area contributed by atoms with Gasteiger partial charge in [0.1, 0.15) is 0 Å². The van der Waals surface area contributed by atoms with E-state index in [1.165, 1.54) is 11.3 Å². The van der Waals surface area contributed by atoms with Crippen molar-refractivity contribution in [3.63, 3.8) is 0 Å². The van der Waals surface area contributed by atoms with E-state index in [9.17, 15) is 9.59 Å². The molecule has 1 aliphatic carbocycles. The molecule has 1 saturated carbocycles. The molecular formula is C13H19N3O3S. The van der Waals surface area contributed by atoms with Gasteiger partial charge >= 0.3 is 12.0 Å². The predicted octanol–water partition coefficient (Wildman–Crippen LogP) is 1.85. The lowest BCUT2D eigenvalue weighted by Crippen LogP contribution is -2.45. The van der Waals surface area contributed by atoms with Crippen molar-refractivity contribution in [3.05, 3.63) is 16.1 Å². The Morgan fingerprint density at radius 3 is 2.90 bits per heavy atom. The lowest BCUT2D eigenvalue weighted by molar-refractivity contribution is -0.142. The molecule has 2 atom stereocenters. The van der Waals surface area contributed by atoms with Crippen molar-refractivity contribution >= 4 is 23.3 Å². The van der Waals surface area contributed by atoms with Crippen LogP contribution in [0.4, 0.5) is 4.79 Å². The Balaban J connectivity index is 1.91. The highest BCUT2D eigenvalue weighted by Gasteiger charge is 2.34. The minimum Gasteiger partial charge on any atom is -0.481 e. The normalized spacial score (nSPS) is 21.7. The van der Waals surface area contributed by atoms with Crippen molar-refractivity contribution in [2.24, 2.45) is 5.92 Å². The molecule has 0 bridgehead atoms. The van der Waals surface area contributed by atoms with E-state index in [-0.39, 0.29) is 12.1 Å². The van der Waals surface area contributed by atoms with Crippen LogP contribution in [-0.4, -0.2) is 40.1 Å². The van der Waals surface area contributed by atoms with E-state index in [0.717, 1.165) is 23.4 Å². The Hall–Kier alpha value is -1.63. The van der Waals surface area contributed by atoms with Crippen LogP contribution in [-0.2, 0) is 11.3 Å². The number of carboxylic acid groups (broad SMARTS) is 1. The Bertz CT molecular complexity index is 503. The lowest BCUT2D eigenvalue weighted by Gasteiger charge is -2.23. The van der Waals surface area contributed by atoms with Crippen LogP contribution >= 0.6 is 11.3 Å². The molecule has 6 nitrogen and oxygen atoms in total. The van der Waals surface area contributed by atoms with Gasteiger partial charge in [-0.25, -0.2) is 9.78 Å². The summed E-state index contributed by atoms with van der Waals surface area (Å²) in [6, 6.07) is -0.485. The number of amides is 2. The minimum absolute atomic E-state index is 0.226. The molecule has 2 unspecified atom stereocenters. The Morgan fingerprint density at radius 2 is 2.30 bits per heavy atom. The van der Waals surface area contributed by atoms with Gasteiger partial charge in [-0.1, -0.05) is 6.42 Å². The molecule has 1 aliphatic rings. The minimum atomic E-state index is -0.825. The molecule has 2 rings (SSSR count). The molecule has 0 radical (unpaired) electrons. The van der Waals surface area contributed by atoms with Crippen molar-refractivity contribution in [1.82, 2.24) is 15.2 Å². The number of carbonyl (C=O) groups is 2. The third kappa shape index (κ3) is 3.27. The van der Waals surface area contributed by atoms with Crippen LogP contribution in [0.15, 0.2) is 5.51 Å². The van der Waals surface area contributed by atoms with Crippen LogP contribution in [0, 0.1) is 12.8 Å². The first-order valence-corrected chi connectivity index (χ1v) is 7.50. The van der Waals surface area contributed by atoms with Gasteiger partial charge in [0.2, 0.25) is 0 Å². The van der Waals surface area contributed by atoms with Crippen LogP contribution < -0.4 is 5.32 Å². The number of nitrogens with zero attached hydrogens (tertiary/aromatic N) is 2.